The van der Waals surface area contributed by atoms with Gasteiger partial charge in [-0.3, -0.25) is 14.5 Å². The summed E-state index contributed by atoms with van der Waals surface area (Å²) in [6.45, 7) is 5.25. The van der Waals surface area contributed by atoms with Gasteiger partial charge in [-0.2, -0.15) is 0 Å². The summed E-state index contributed by atoms with van der Waals surface area (Å²) < 4.78 is 29.3. The second-order valence-corrected chi connectivity index (χ2v) is 10.9. The Labute approximate surface area is 211 Å². The molecule has 184 valence electrons. The number of amides is 1. The molecule has 3 aromatic carbocycles. The molecule has 1 aliphatic rings. The van der Waals surface area contributed by atoms with E-state index in [0.29, 0.717) is 23.3 Å². The van der Waals surface area contributed by atoms with Crippen molar-refractivity contribution in [2.24, 2.45) is 0 Å². The van der Waals surface area contributed by atoms with E-state index >= 15 is 0 Å². The average Bonchev–Trinajstić information content (AvgIpc) is 2.87. The van der Waals surface area contributed by atoms with Crippen LogP contribution in [0.5, 0.6) is 0 Å². The Bertz CT molecular complexity index is 1540. The van der Waals surface area contributed by atoms with E-state index in [1.807, 2.05) is 44.2 Å². The minimum atomic E-state index is -3.94. The highest BCUT2D eigenvalue weighted by Gasteiger charge is 2.24. The van der Waals surface area contributed by atoms with Crippen molar-refractivity contribution in [3.05, 3.63) is 95.7 Å². The second kappa shape index (κ2) is 9.62. The van der Waals surface area contributed by atoms with Crippen LogP contribution in [0.1, 0.15) is 35.3 Å². The molecule has 1 amide bonds. The molecule has 0 saturated carbocycles. The fourth-order valence-corrected chi connectivity index (χ4v) is 5.83. The van der Waals surface area contributed by atoms with Gasteiger partial charge in [-0.25, -0.2) is 8.42 Å². The first kappa shape index (κ1) is 23.8. The molecule has 0 unspecified atom stereocenters. The van der Waals surface area contributed by atoms with E-state index in [1.54, 1.807) is 30.5 Å². The average molecular weight is 501 g/mol. The maximum Gasteiger partial charge on any atom is 0.264 e. The molecule has 1 aromatic heterocycles. The zero-order chi connectivity index (χ0) is 25.3. The molecule has 4 aromatic rings. The number of anilines is 2. The van der Waals surface area contributed by atoms with Crippen molar-refractivity contribution in [3.8, 4) is 0 Å². The first-order valence-corrected chi connectivity index (χ1v) is 13.4. The molecular weight excluding hydrogens is 472 g/mol. The Kier molecular flexibility index (Phi) is 6.36. The number of sulfonamides is 1. The van der Waals surface area contributed by atoms with Gasteiger partial charge >= 0.3 is 0 Å². The minimum absolute atomic E-state index is 0.0606. The smallest absolute Gasteiger partial charge is 0.264 e. The van der Waals surface area contributed by atoms with Crippen LogP contribution in [0.3, 0.4) is 0 Å². The number of carbonyl (C=O) groups excluding carboxylic acids is 1. The van der Waals surface area contributed by atoms with Crippen LogP contribution in [0.15, 0.2) is 83.9 Å². The van der Waals surface area contributed by atoms with Gasteiger partial charge in [0.2, 0.25) is 0 Å². The van der Waals surface area contributed by atoms with Crippen LogP contribution in [0.2, 0.25) is 0 Å². The third-order valence-electron chi connectivity index (χ3n) is 6.27. The normalized spacial score (nSPS) is 13.5. The summed E-state index contributed by atoms with van der Waals surface area (Å²) in [5, 5.41) is 3.69. The molecule has 8 heteroatoms. The van der Waals surface area contributed by atoms with Gasteiger partial charge in [-0.1, -0.05) is 42.5 Å². The topological polar surface area (TPSA) is 91.4 Å². The molecule has 0 radical (unpaired) electrons. The van der Waals surface area contributed by atoms with Gasteiger partial charge in [0, 0.05) is 42.1 Å². The van der Waals surface area contributed by atoms with Crippen LogP contribution in [0, 0.1) is 0 Å². The summed E-state index contributed by atoms with van der Waals surface area (Å²) in [6.07, 6.45) is 2.45. The number of hydrogen-bond acceptors (Lipinski definition) is 5. The number of nitrogens with zero attached hydrogens (tertiary/aromatic N) is 2. The van der Waals surface area contributed by atoms with Gasteiger partial charge in [0.1, 0.15) is 4.90 Å². The maximum absolute atomic E-state index is 13.3. The fourth-order valence-electron chi connectivity index (χ4n) is 4.60. The molecule has 0 atom stereocenters. The highest BCUT2D eigenvalue weighted by atomic mass is 32.2. The number of hydrogen-bond donors (Lipinski definition) is 2. The number of para-hydroxylation sites is 1. The van der Waals surface area contributed by atoms with Gasteiger partial charge in [0.05, 0.1) is 11.1 Å². The first-order chi connectivity index (χ1) is 17.3. The van der Waals surface area contributed by atoms with Gasteiger partial charge in [0.25, 0.3) is 15.9 Å². The van der Waals surface area contributed by atoms with Crippen LogP contribution in [0.25, 0.3) is 10.9 Å². The maximum atomic E-state index is 13.3. The van der Waals surface area contributed by atoms with E-state index in [2.05, 4.69) is 32.1 Å². The second-order valence-electron chi connectivity index (χ2n) is 9.24. The Balaban J connectivity index is 1.51. The fraction of sp³-hybridized carbons (Fsp3) is 0.214. The van der Waals surface area contributed by atoms with Crippen molar-refractivity contribution in [2.75, 3.05) is 16.2 Å². The molecule has 36 heavy (non-hydrogen) atoms. The van der Waals surface area contributed by atoms with Gasteiger partial charge < -0.3 is 10.2 Å². The number of fused-ring (bicyclic) bond motifs is 2. The lowest BCUT2D eigenvalue weighted by Crippen LogP contribution is -2.35. The Morgan fingerprint density at radius 2 is 1.75 bits per heavy atom. The number of pyridine rings is 1. The molecule has 5 rings (SSSR count). The monoisotopic (exact) mass is 500 g/mol. The molecule has 0 saturated heterocycles. The SMILES string of the molecule is CC(C)NC(=O)c1cc(NS(=O)(=O)c2cccc3cccnc23)ccc1N1CCc2ccccc2C1. The number of benzene rings is 3. The Morgan fingerprint density at radius 1 is 0.972 bits per heavy atom. The molecule has 7 nitrogen and oxygen atoms in total. The standard InChI is InChI=1S/C28H28N4O3S/c1-19(2)30-28(33)24-17-23(12-13-25(24)32-16-14-20-7-3-4-8-22(20)18-32)31-36(34,35)26-11-5-9-21-10-6-15-29-27(21)26/h3-13,15,17,19,31H,14,16,18H2,1-2H3,(H,30,33). The van der Waals surface area contributed by atoms with Crippen LogP contribution < -0.4 is 14.9 Å². The van der Waals surface area contributed by atoms with E-state index in [9.17, 15) is 13.2 Å². The molecular formula is C28H28N4O3S. The number of nitrogens with one attached hydrogen (secondary N) is 2. The predicted octanol–water partition coefficient (Wildman–Crippen LogP) is 4.74. The Hall–Kier alpha value is -3.91. The van der Waals surface area contributed by atoms with Gasteiger partial charge in [0.15, 0.2) is 0 Å². The Morgan fingerprint density at radius 3 is 2.56 bits per heavy atom. The lowest BCUT2D eigenvalue weighted by Gasteiger charge is -2.32. The first-order valence-electron chi connectivity index (χ1n) is 11.9. The highest BCUT2D eigenvalue weighted by Crippen LogP contribution is 2.31. The summed E-state index contributed by atoms with van der Waals surface area (Å²) in [6, 6.07) is 22.0. The van der Waals surface area contributed by atoms with Crippen molar-refractivity contribution in [3.63, 3.8) is 0 Å². The molecule has 0 aliphatic carbocycles. The van der Waals surface area contributed by atoms with E-state index in [1.165, 1.54) is 17.2 Å². The van der Waals surface area contributed by atoms with Crippen molar-refractivity contribution < 1.29 is 13.2 Å². The molecule has 0 spiro atoms. The molecule has 2 N–H and O–H groups in total. The zero-order valence-electron chi connectivity index (χ0n) is 20.2. The van der Waals surface area contributed by atoms with Crippen molar-refractivity contribution in [1.29, 1.82) is 0 Å². The van der Waals surface area contributed by atoms with Crippen LogP contribution in [0.4, 0.5) is 11.4 Å². The molecule has 0 bridgehead atoms. The lowest BCUT2D eigenvalue weighted by molar-refractivity contribution is 0.0943. The van der Waals surface area contributed by atoms with E-state index in [4.69, 9.17) is 0 Å². The van der Waals surface area contributed by atoms with Crippen LogP contribution in [-0.2, 0) is 23.0 Å². The summed E-state index contributed by atoms with van der Waals surface area (Å²) in [4.78, 5) is 19.7. The molecule has 0 fully saturated rings. The zero-order valence-corrected chi connectivity index (χ0v) is 21.0. The number of rotatable bonds is 6. The van der Waals surface area contributed by atoms with E-state index < -0.39 is 10.0 Å². The summed E-state index contributed by atoms with van der Waals surface area (Å²) in [7, 11) is -3.94. The summed E-state index contributed by atoms with van der Waals surface area (Å²) >= 11 is 0. The summed E-state index contributed by atoms with van der Waals surface area (Å²) in [5.74, 6) is -0.244. The summed E-state index contributed by atoms with van der Waals surface area (Å²) in [5.41, 5.74) is 4.46. The third-order valence-corrected chi connectivity index (χ3v) is 7.68. The largest absolute Gasteiger partial charge is 0.366 e. The molecule has 2 heterocycles. The van der Waals surface area contributed by atoms with Gasteiger partial charge in [-0.05, 0) is 61.7 Å². The minimum Gasteiger partial charge on any atom is -0.366 e. The van der Waals surface area contributed by atoms with E-state index in [-0.39, 0.29) is 16.8 Å². The third kappa shape index (κ3) is 4.77. The number of carbonyl (C=O) groups is 1. The van der Waals surface area contributed by atoms with Crippen LogP contribution >= 0.6 is 0 Å². The predicted molar refractivity (Wildman–Crippen MR) is 143 cm³/mol. The van der Waals surface area contributed by atoms with Crippen molar-refractivity contribution in [2.45, 2.75) is 37.8 Å². The highest BCUT2D eigenvalue weighted by molar-refractivity contribution is 7.93. The van der Waals surface area contributed by atoms with E-state index in [0.717, 1.165) is 24.0 Å². The molecule has 1 aliphatic heterocycles. The van der Waals surface area contributed by atoms with Crippen molar-refractivity contribution in [1.82, 2.24) is 10.3 Å². The van der Waals surface area contributed by atoms with Gasteiger partial charge in [-0.15, -0.1) is 0 Å². The lowest BCUT2D eigenvalue weighted by atomic mass is 9.98. The van der Waals surface area contributed by atoms with Crippen molar-refractivity contribution >= 4 is 38.2 Å². The van der Waals surface area contributed by atoms with Crippen LogP contribution in [-0.4, -0.2) is 31.9 Å². The quantitative estimate of drug-likeness (QED) is 0.399. The number of aromatic nitrogens is 1.